The summed E-state index contributed by atoms with van der Waals surface area (Å²) in [6.45, 7) is 3.13. The molecule has 0 saturated heterocycles. The highest BCUT2D eigenvalue weighted by molar-refractivity contribution is 8.00. The maximum Gasteiger partial charge on any atom is 0.192 e. The van der Waals surface area contributed by atoms with Crippen LogP contribution in [0.3, 0.4) is 0 Å². The maximum absolute atomic E-state index is 12.6. The van der Waals surface area contributed by atoms with Crippen molar-refractivity contribution in [3.8, 4) is 5.75 Å². The SMILES string of the molecule is CCc1ccc(OCc2nnc(SC3CCCCCC3=O)n2Cc2ccccc2)cc1. The predicted molar refractivity (Wildman–Crippen MR) is 123 cm³/mol. The summed E-state index contributed by atoms with van der Waals surface area (Å²) in [6, 6.07) is 18.4. The van der Waals surface area contributed by atoms with Crippen LogP contribution in [0.4, 0.5) is 0 Å². The molecule has 0 aliphatic heterocycles. The zero-order valence-corrected chi connectivity index (χ0v) is 18.8. The highest BCUT2D eigenvalue weighted by atomic mass is 32.2. The minimum Gasteiger partial charge on any atom is -0.486 e. The molecule has 0 N–H and O–H groups in total. The van der Waals surface area contributed by atoms with E-state index in [1.807, 2.05) is 30.3 Å². The molecule has 1 atom stereocenters. The summed E-state index contributed by atoms with van der Waals surface area (Å²) in [5.41, 5.74) is 2.45. The number of rotatable bonds is 8. The maximum atomic E-state index is 12.6. The lowest BCUT2D eigenvalue weighted by atomic mass is 10.2. The Balaban J connectivity index is 1.54. The molecule has 1 unspecified atom stereocenters. The molecule has 0 amide bonds. The second kappa shape index (κ2) is 10.6. The summed E-state index contributed by atoms with van der Waals surface area (Å²) in [7, 11) is 0. The Morgan fingerprint density at radius 1 is 1.00 bits per heavy atom. The van der Waals surface area contributed by atoms with E-state index >= 15 is 0 Å². The molecule has 0 bridgehead atoms. The summed E-state index contributed by atoms with van der Waals surface area (Å²) >= 11 is 1.56. The molecule has 4 rings (SSSR count). The van der Waals surface area contributed by atoms with Crippen molar-refractivity contribution < 1.29 is 9.53 Å². The first-order valence-corrected chi connectivity index (χ1v) is 12.0. The third-order valence-electron chi connectivity index (χ3n) is 5.67. The number of thioether (sulfide) groups is 1. The van der Waals surface area contributed by atoms with E-state index < -0.39 is 0 Å². The average molecular weight is 436 g/mol. The third kappa shape index (κ3) is 5.76. The predicted octanol–water partition coefficient (Wildman–Crippen LogP) is 5.46. The molecular weight excluding hydrogens is 406 g/mol. The van der Waals surface area contributed by atoms with Gasteiger partial charge in [-0.2, -0.15) is 0 Å². The molecule has 3 aromatic rings. The Hall–Kier alpha value is -2.60. The quantitative estimate of drug-likeness (QED) is 0.440. The van der Waals surface area contributed by atoms with Crippen molar-refractivity contribution in [3.63, 3.8) is 0 Å². The van der Waals surface area contributed by atoms with Gasteiger partial charge < -0.3 is 4.74 Å². The smallest absolute Gasteiger partial charge is 0.192 e. The highest BCUT2D eigenvalue weighted by Gasteiger charge is 2.25. The number of aromatic nitrogens is 3. The Kier molecular flexibility index (Phi) is 7.41. The monoisotopic (exact) mass is 435 g/mol. The molecule has 0 radical (unpaired) electrons. The second-order valence-electron chi connectivity index (χ2n) is 7.93. The van der Waals surface area contributed by atoms with E-state index in [0.717, 1.165) is 48.8 Å². The summed E-state index contributed by atoms with van der Waals surface area (Å²) < 4.78 is 8.11. The van der Waals surface area contributed by atoms with E-state index in [1.165, 1.54) is 11.1 Å². The number of carbonyl (C=O) groups excluding carboxylic acids is 1. The molecular formula is C25H29N3O2S. The van der Waals surface area contributed by atoms with Gasteiger partial charge in [0.25, 0.3) is 0 Å². The van der Waals surface area contributed by atoms with Gasteiger partial charge in [0, 0.05) is 6.42 Å². The second-order valence-corrected chi connectivity index (χ2v) is 9.10. The fourth-order valence-corrected chi connectivity index (χ4v) is 4.96. The number of benzene rings is 2. The molecule has 1 heterocycles. The fourth-order valence-electron chi connectivity index (χ4n) is 3.79. The molecule has 2 aromatic carbocycles. The van der Waals surface area contributed by atoms with Gasteiger partial charge in [-0.05, 0) is 42.5 Å². The molecule has 0 spiro atoms. The molecule has 5 nitrogen and oxygen atoms in total. The number of aryl methyl sites for hydroxylation is 1. The van der Waals surface area contributed by atoms with Crippen molar-refractivity contribution >= 4 is 17.5 Å². The van der Waals surface area contributed by atoms with Gasteiger partial charge in [-0.25, -0.2) is 0 Å². The fraction of sp³-hybridized carbons (Fsp3) is 0.400. The van der Waals surface area contributed by atoms with E-state index in [1.54, 1.807) is 11.8 Å². The van der Waals surface area contributed by atoms with Crippen molar-refractivity contribution in [2.75, 3.05) is 0 Å². The molecule has 1 aromatic heterocycles. The van der Waals surface area contributed by atoms with Crippen LogP contribution >= 0.6 is 11.8 Å². The number of hydrogen-bond donors (Lipinski definition) is 0. The van der Waals surface area contributed by atoms with Crippen molar-refractivity contribution in [1.82, 2.24) is 14.8 Å². The molecule has 1 saturated carbocycles. The minimum atomic E-state index is -0.0309. The van der Waals surface area contributed by atoms with Crippen LogP contribution in [0.1, 0.15) is 56.0 Å². The number of ketones is 1. The van der Waals surface area contributed by atoms with Gasteiger partial charge in [-0.15, -0.1) is 10.2 Å². The Labute approximate surface area is 188 Å². The lowest BCUT2D eigenvalue weighted by molar-refractivity contribution is -0.118. The van der Waals surface area contributed by atoms with Crippen LogP contribution in [0.5, 0.6) is 5.75 Å². The van der Waals surface area contributed by atoms with Gasteiger partial charge in [-0.3, -0.25) is 9.36 Å². The average Bonchev–Trinajstić information content (AvgIpc) is 3.05. The van der Waals surface area contributed by atoms with Gasteiger partial charge in [0.15, 0.2) is 11.0 Å². The topological polar surface area (TPSA) is 57.0 Å². The van der Waals surface area contributed by atoms with Crippen molar-refractivity contribution in [2.45, 2.75) is 69.0 Å². The largest absolute Gasteiger partial charge is 0.486 e. The first-order chi connectivity index (χ1) is 15.2. The standard InChI is InChI=1S/C25H29N3O2S/c1-2-19-13-15-21(16-14-19)30-18-24-26-27-25(28(24)17-20-9-5-3-6-10-20)31-23-12-8-4-7-11-22(23)29/h3,5-6,9-10,13-16,23H,2,4,7-8,11-12,17-18H2,1H3. The number of hydrogen-bond acceptors (Lipinski definition) is 5. The molecule has 1 fully saturated rings. The number of ether oxygens (including phenoxy) is 1. The van der Waals surface area contributed by atoms with Crippen LogP contribution in [0.15, 0.2) is 59.8 Å². The van der Waals surface area contributed by atoms with Gasteiger partial charge in [0.2, 0.25) is 0 Å². The lowest BCUT2D eigenvalue weighted by Crippen LogP contribution is -2.17. The van der Waals surface area contributed by atoms with Gasteiger partial charge in [0.05, 0.1) is 11.8 Å². The van der Waals surface area contributed by atoms with E-state index in [9.17, 15) is 4.79 Å². The highest BCUT2D eigenvalue weighted by Crippen LogP contribution is 2.31. The molecule has 6 heteroatoms. The summed E-state index contributed by atoms with van der Waals surface area (Å²) in [6.07, 6.45) is 5.83. The minimum absolute atomic E-state index is 0.0309. The van der Waals surface area contributed by atoms with Crippen LogP contribution in [-0.4, -0.2) is 25.8 Å². The van der Waals surface area contributed by atoms with Crippen LogP contribution in [0, 0.1) is 0 Å². The molecule has 1 aliphatic rings. The van der Waals surface area contributed by atoms with Crippen molar-refractivity contribution in [3.05, 3.63) is 71.5 Å². The first-order valence-electron chi connectivity index (χ1n) is 11.1. The summed E-state index contributed by atoms with van der Waals surface area (Å²) in [4.78, 5) is 12.6. The van der Waals surface area contributed by atoms with Gasteiger partial charge >= 0.3 is 0 Å². The van der Waals surface area contributed by atoms with Gasteiger partial charge in [0.1, 0.15) is 18.1 Å². The van der Waals surface area contributed by atoms with Crippen LogP contribution in [0.2, 0.25) is 0 Å². The lowest BCUT2D eigenvalue weighted by Gasteiger charge is -2.15. The number of Topliss-reactive ketones (excluding diaryl/α,β-unsaturated/α-hetero) is 1. The van der Waals surface area contributed by atoms with E-state index in [4.69, 9.17) is 4.74 Å². The van der Waals surface area contributed by atoms with Gasteiger partial charge in [-0.1, -0.05) is 74.0 Å². The van der Waals surface area contributed by atoms with E-state index in [0.29, 0.717) is 25.4 Å². The van der Waals surface area contributed by atoms with Crippen molar-refractivity contribution in [1.29, 1.82) is 0 Å². The zero-order valence-electron chi connectivity index (χ0n) is 18.0. The number of nitrogens with zero attached hydrogens (tertiary/aromatic N) is 3. The van der Waals surface area contributed by atoms with E-state index in [2.05, 4.69) is 46.0 Å². The third-order valence-corrected chi connectivity index (χ3v) is 6.97. The van der Waals surface area contributed by atoms with Crippen molar-refractivity contribution in [2.24, 2.45) is 0 Å². The molecule has 162 valence electrons. The Morgan fingerprint density at radius 3 is 2.58 bits per heavy atom. The van der Waals surface area contributed by atoms with E-state index in [-0.39, 0.29) is 5.25 Å². The number of carbonyl (C=O) groups is 1. The zero-order chi connectivity index (χ0) is 21.5. The summed E-state index contributed by atoms with van der Waals surface area (Å²) in [5, 5.41) is 9.65. The van der Waals surface area contributed by atoms with Crippen LogP contribution < -0.4 is 4.74 Å². The normalized spacial score (nSPS) is 16.8. The summed E-state index contributed by atoms with van der Waals surface area (Å²) in [5.74, 6) is 1.93. The Morgan fingerprint density at radius 2 is 1.81 bits per heavy atom. The molecule has 1 aliphatic carbocycles. The molecule has 31 heavy (non-hydrogen) atoms. The van der Waals surface area contributed by atoms with Crippen LogP contribution in [0.25, 0.3) is 0 Å². The Bertz CT molecular complexity index is 986. The van der Waals surface area contributed by atoms with Crippen LogP contribution in [-0.2, 0) is 24.4 Å². The first kappa shape index (κ1) is 21.6.